The van der Waals surface area contributed by atoms with Gasteiger partial charge in [0.25, 0.3) is 0 Å². The van der Waals surface area contributed by atoms with Crippen molar-refractivity contribution < 1.29 is 4.39 Å². The molecule has 1 aromatic carbocycles. The molecule has 4 heteroatoms. The first kappa shape index (κ1) is 13.7. The van der Waals surface area contributed by atoms with Crippen LogP contribution in [0.1, 0.15) is 16.4 Å². The van der Waals surface area contributed by atoms with Gasteiger partial charge in [-0.05, 0) is 58.5 Å². The molecule has 18 heavy (non-hydrogen) atoms. The molecule has 0 saturated heterocycles. The summed E-state index contributed by atoms with van der Waals surface area (Å²) in [6.45, 7) is 0.841. The number of nitrogens with one attached hydrogen (secondary N) is 1. The number of hydrogen-bond donors (Lipinski definition) is 1. The molecular weight excluding hydrogens is 313 g/mol. The Kier molecular flexibility index (Phi) is 4.92. The predicted molar refractivity (Wildman–Crippen MR) is 78.8 cm³/mol. The van der Waals surface area contributed by atoms with Crippen molar-refractivity contribution in [3.8, 4) is 0 Å². The van der Waals surface area contributed by atoms with Crippen molar-refractivity contribution in [2.24, 2.45) is 0 Å². The van der Waals surface area contributed by atoms with Crippen LogP contribution in [0.2, 0.25) is 0 Å². The largest absolute Gasteiger partial charge is 0.319 e. The molecule has 2 aromatic rings. The van der Waals surface area contributed by atoms with Gasteiger partial charge in [-0.15, -0.1) is 11.3 Å². The summed E-state index contributed by atoms with van der Waals surface area (Å²) in [4.78, 5) is 1.31. The minimum absolute atomic E-state index is 0.168. The minimum Gasteiger partial charge on any atom is -0.319 e. The Morgan fingerprint density at radius 1 is 1.39 bits per heavy atom. The van der Waals surface area contributed by atoms with Crippen LogP contribution in [0.25, 0.3) is 0 Å². The van der Waals surface area contributed by atoms with Crippen LogP contribution in [0.5, 0.6) is 0 Å². The molecule has 1 atom stereocenters. The van der Waals surface area contributed by atoms with Crippen LogP contribution in [0.4, 0.5) is 4.39 Å². The van der Waals surface area contributed by atoms with Crippen molar-refractivity contribution in [1.82, 2.24) is 5.32 Å². The third-order valence-electron chi connectivity index (χ3n) is 2.89. The summed E-state index contributed by atoms with van der Waals surface area (Å²) in [7, 11) is 1.93. The molecule has 1 heterocycles. The number of halogens is 2. The summed E-state index contributed by atoms with van der Waals surface area (Å²) in [5.74, 6) is 0.125. The van der Waals surface area contributed by atoms with Crippen LogP contribution >= 0.6 is 27.3 Å². The molecule has 0 spiro atoms. The second-order valence-corrected chi connectivity index (χ2v) is 6.06. The van der Waals surface area contributed by atoms with Crippen LogP contribution in [0.3, 0.4) is 0 Å². The number of thiophene rings is 1. The third kappa shape index (κ3) is 3.40. The number of likely N-dealkylation sites (N-methyl/N-ethyl adjacent to an activating group) is 1. The third-order valence-corrected chi connectivity index (χ3v) is 4.84. The van der Waals surface area contributed by atoms with E-state index in [1.165, 1.54) is 10.9 Å². The van der Waals surface area contributed by atoms with Crippen LogP contribution in [0, 0.1) is 5.82 Å². The summed E-state index contributed by atoms with van der Waals surface area (Å²) < 4.78 is 14.4. The fourth-order valence-electron chi connectivity index (χ4n) is 2.01. The molecule has 0 aliphatic carbocycles. The lowest BCUT2D eigenvalue weighted by molar-refractivity contribution is 0.602. The Hall–Kier alpha value is -0.710. The molecular formula is C14H15BrFNS. The topological polar surface area (TPSA) is 12.0 Å². The van der Waals surface area contributed by atoms with Gasteiger partial charge in [0.2, 0.25) is 0 Å². The molecule has 96 valence electrons. The minimum atomic E-state index is -0.168. The van der Waals surface area contributed by atoms with Gasteiger partial charge in [0.05, 0.1) is 0 Å². The average Bonchev–Trinajstić information content (AvgIpc) is 2.74. The molecule has 0 bridgehead atoms. The molecule has 1 nitrogen and oxygen atoms in total. The fraction of sp³-hybridized carbons (Fsp3) is 0.286. The smallest absolute Gasteiger partial charge is 0.123 e. The number of hydrogen-bond acceptors (Lipinski definition) is 2. The maximum atomic E-state index is 13.3. The summed E-state index contributed by atoms with van der Waals surface area (Å²) in [5, 5.41) is 5.26. The highest BCUT2D eigenvalue weighted by atomic mass is 79.9. The zero-order valence-electron chi connectivity index (χ0n) is 10.1. The van der Waals surface area contributed by atoms with E-state index in [0.717, 1.165) is 23.0 Å². The number of rotatable bonds is 5. The van der Waals surface area contributed by atoms with E-state index >= 15 is 0 Å². The van der Waals surface area contributed by atoms with E-state index in [0.29, 0.717) is 5.92 Å². The fourth-order valence-corrected chi connectivity index (χ4v) is 3.61. The quantitative estimate of drug-likeness (QED) is 0.868. The van der Waals surface area contributed by atoms with Crippen molar-refractivity contribution in [2.75, 3.05) is 13.6 Å². The molecule has 1 aromatic heterocycles. The van der Waals surface area contributed by atoms with Crippen molar-refractivity contribution >= 4 is 27.3 Å². The zero-order valence-corrected chi connectivity index (χ0v) is 12.5. The van der Waals surface area contributed by atoms with Gasteiger partial charge in [0.15, 0.2) is 0 Å². The Bertz CT molecular complexity index is 512. The number of benzene rings is 1. The highest BCUT2D eigenvalue weighted by Gasteiger charge is 2.14. The van der Waals surface area contributed by atoms with Crippen molar-refractivity contribution in [3.63, 3.8) is 0 Å². The Balaban J connectivity index is 2.20. The Labute approximate surface area is 119 Å². The molecule has 0 amide bonds. The zero-order chi connectivity index (χ0) is 13.0. The maximum absolute atomic E-state index is 13.3. The molecule has 0 saturated carbocycles. The van der Waals surface area contributed by atoms with Gasteiger partial charge in [-0.1, -0.05) is 12.1 Å². The first-order chi connectivity index (χ1) is 8.70. The first-order valence-corrected chi connectivity index (χ1v) is 7.50. The summed E-state index contributed by atoms with van der Waals surface area (Å²) >= 11 is 5.28. The van der Waals surface area contributed by atoms with E-state index in [-0.39, 0.29) is 5.82 Å². The Morgan fingerprint density at radius 3 is 2.83 bits per heavy atom. The molecule has 0 radical (unpaired) electrons. The van der Waals surface area contributed by atoms with Crippen molar-refractivity contribution in [2.45, 2.75) is 12.3 Å². The van der Waals surface area contributed by atoms with Crippen LogP contribution in [-0.4, -0.2) is 13.6 Å². The van der Waals surface area contributed by atoms with Crippen LogP contribution in [0.15, 0.2) is 40.2 Å². The highest BCUT2D eigenvalue weighted by molar-refractivity contribution is 9.10. The van der Waals surface area contributed by atoms with E-state index < -0.39 is 0 Å². The lowest BCUT2D eigenvalue weighted by atomic mass is 9.95. The van der Waals surface area contributed by atoms with Gasteiger partial charge in [-0.25, -0.2) is 4.39 Å². The second kappa shape index (κ2) is 6.45. The lowest BCUT2D eigenvalue weighted by Gasteiger charge is -2.16. The summed E-state index contributed by atoms with van der Waals surface area (Å²) in [6.07, 6.45) is 0.919. The van der Waals surface area contributed by atoms with Gasteiger partial charge in [0, 0.05) is 21.8 Å². The molecule has 1 N–H and O–H groups in total. The standard InChI is InChI=1S/C14H15BrFNS/c1-17-9-11(8-14-13(15)5-6-18-14)10-3-2-4-12(16)7-10/h2-7,11,17H,8-9H2,1H3. The predicted octanol–water partition coefficient (Wildman–Crippen LogP) is 4.20. The SMILES string of the molecule is CNCC(Cc1sccc1Br)c1cccc(F)c1. The van der Waals surface area contributed by atoms with E-state index in [1.54, 1.807) is 23.5 Å². The van der Waals surface area contributed by atoms with E-state index in [4.69, 9.17) is 0 Å². The highest BCUT2D eigenvalue weighted by Crippen LogP contribution is 2.29. The van der Waals surface area contributed by atoms with E-state index in [2.05, 4.69) is 32.7 Å². The van der Waals surface area contributed by atoms with Gasteiger partial charge in [-0.2, -0.15) is 0 Å². The van der Waals surface area contributed by atoms with Crippen LogP contribution in [-0.2, 0) is 6.42 Å². The van der Waals surface area contributed by atoms with Gasteiger partial charge in [-0.3, -0.25) is 0 Å². The van der Waals surface area contributed by atoms with Gasteiger partial charge >= 0.3 is 0 Å². The average molecular weight is 328 g/mol. The summed E-state index contributed by atoms with van der Waals surface area (Å²) in [6, 6.07) is 8.94. The van der Waals surface area contributed by atoms with Crippen molar-refractivity contribution in [1.29, 1.82) is 0 Å². The monoisotopic (exact) mass is 327 g/mol. The van der Waals surface area contributed by atoms with E-state index in [1.807, 2.05) is 13.1 Å². The Morgan fingerprint density at radius 2 is 2.22 bits per heavy atom. The first-order valence-electron chi connectivity index (χ1n) is 5.82. The maximum Gasteiger partial charge on any atom is 0.123 e. The molecule has 0 aliphatic heterocycles. The van der Waals surface area contributed by atoms with Gasteiger partial charge in [0.1, 0.15) is 5.82 Å². The molecule has 1 unspecified atom stereocenters. The van der Waals surface area contributed by atoms with Gasteiger partial charge < -0.3 is 5.32 Å². The molecule has 0 aliphatic rings. The molecule has 2 rings (SSSR count). The van der Waals surface area contributed by atoms with E-state index in [9.17, 15) is 4.39 Å². The van der Waals surface area contributed by atoms with Crippen LogP contribution < -0.4 is 5.32 Å². The normalized spacial score (nSPS) is 12.6. The summed E-state index contributed by atoms with van der Waals surface area (Å²) in [5.41, 5.74) is 1.05. The lowest BCUT2D eigenvalue weighted by Crippen LogP contribution is -2.19. The second-order valence-electron chi connectivity index (χ2n) is 4.21. The van der Waals surface area contributed by atoms with Crippen molar-refractivity contribution in [3.05, 3.63) is 56.4 Å². The molecule has 0 fully saturated rings.